The van der Waals surface area contributed by atoms with E-state index in [9.17, 15) is 4.79 Å². The molecule has 122 valence electrons. The molecule has 2 N–H and O–H groups in total. The Hall–Kier alpha value is -0.520. The highest BCUT2D eigenvalue weighted by Gasteiger charge is 2.36. The third-order valence-electron chi connectivity index (χ3n) is 4.19. The van der Waals surface area contributed by atoms with Gasteiger partial charge in [-0.1, -0.05) is 15.9 Å². The first kappa shape index (κ1) is 17.8. The Morgan fingerprint density at radius 2 is 2.05 bits per heavy atom. The molecule has 1 heterocycles. The molecule has 1 saturated heterocycles. The van der Waals surface area contributed by atoms with Gasteiger partial charge >= 0.3 is 0 Å². The predicted octanol–water partition coefficient (Wildman–Crippen LogP) is 3.91. The van der Waals surface area contributed by atoms with Crippen molar-refractivity contribution in [1.82, 2.24) is 4.90 Å². The van der Waals surface area contributed by atoms with Crippen LogP contribution >= 0.6 is 27.7 Å². The number of benzene rings is 1. The Balaban J connectivity index is 2.04. The Morgan fingerprint density at radius 3 is 2.64 bits per heavy atom. The van der Waals surface area contributed by atoms with Crippen LogP contribution in [0.25, 0.3) is 0 Å². The molecule has 5 heteroatoms. The van der Waals surface area contributed by atoms with Crippen LogP contribution < -0.4 is 5.73 Å². The molecular formula is C17H25BrN2OS. The van der Waals surface area contributed by atoms with Crippen molar-refractivity contribution in [3.63, 3.8) is 0 Å². The van der Waals surface area contributed by atoms with E-state index in [0.717, 1.165) is 35.3 Å². The van der Waals surface area contributed by atoms with Gasteiger partial charge in [0.25, 0.3) is 0 Å². The van der Waals surface area contributed by atoms with Gasteiger partial charge in [0.2, 0.25) is 5.91 Å². The van der Waals surface area contributed by atoms with Crippen molar-refractivity contribution >= 4 is 33.6 Å². The molecule has 0 spiro atoms. The molecule has 1 fully saturated rings. The summed E-state index contributed by atoms with van der Waals surface area (Å²) in [5.74, 6) is 0.636. The monoisotopic (exact) mass is 384 g/mol. The third kappa shape index (κ3) is 4.49. The third-order valence-corrected chi connectivity index (χ3v) is 5.91. The average molecular weight is 385 g/mol. The summed E-state index contributed by atoms with van der Waals surface area (Å²) < 4.78 is 0.588. The van der Waals surface area contributed by atoms with Crippen LogP contribution in [0.3, 0.4) is 0 Å². The highest BCUT2D eigenvalue weighted by atomic mass is 79.9. The largest absolute Gasteiger partial charge is 0.341 e. The van der Waals surface area contributed by atoms with Crippen LogP contribution in [-0.2, 0) is 4.79 Å². The Bertz CT molecular complexity index is 516. The normalized spacial score (nSPS) is 20.8. The number of piperidine rings is 1. The van der Waals surface area contributed by atoms with Gasteiger partial charge in [-0.2, -0.15) is 0 Å². The highest BCUT2D eigenvalue weighted by molar-refractivity contribution is 9.10. The molecule has 1 amide bonds. The van der Waals surface area contributed by atoms with Crippen LogP contribution in [0.15, 0.2) is 33.6 Å². The number of rotatable bonds is 4. The van der Waals surface area contributed by atoms with Crippen LogP contribution in [0, 0.1) is 5.92 Å². The second kappa shape index (κ2) is 7.37. The maximum absolute atomic E-state index is 12.9. The van der Waals surface area contributed by atoms with Crippen LogP contribution in [-0.4, -0.2) is 34.7 Å². The van der Waals surface area contributed by atoms with E-state index in [1.54, 1.807) is 11.8 Å². The van der Waals surface area contributed by atoms with Crippen LogP contribution in [0.2, 0.25) is 0 Å². The van der Waals surface area contributed by atoms with E-state index in [2.05, 4.69) is 15.9 Å². The van der Waals surface area contributed by atoms with Gasteiger partial charge in [-0.15, -0.1) is 11.8 Å². The summed E-state index contributed by atoms with van der Waals surface area (Å²) in [4.78, 5) is 16.0. The number of carbonyl (C=O) groups is 1. The first-order chi connectivity index (χ1) is 10.3. The Labute approximate surface area is 146 Å². The zero-order chi connectivity index (χ0) is 16.3. The highest BCUT2D eigenvalue weighted by Crippen LogP contribution is 2.35. The zero-order valence-corrected chi connectivity index (χ0v) is 15.9. The van der Waals surface area contributed by atoms with Crippen molar-refractivity contribution in [2.45, 2.75) is 49.3 Å². The lowest BCUT2D eigenvalue weighted by Gasteiger charge is -2.38. The minimum absolute atomic E-state index is 0.151. The summed E-state index contributed by atoms with van der Waals surface area (Å²) >= 11 is 5.06. The quantitative estimate of drug-likeness (QED) is 0.800. The number of carbonyl (C=O) groups excluding carboxylic acids is 1. The van der Waals surface area contributed by atoms with E-state index >= 15 is 0 Å². The molecule has 22 heavy (non-hydrogen) atoms. The maximum atomic E-state index is 12.9. The van der Waals surface area contributed by atoms with Gasteiger partial charge in [0, 0.05) is 28.5 Å². The molecule has 1 aromatic carbocycles. The van der Waals surface area contributed by atoms with Crippen molar-refractivity contribution in [3.8, 4) is 0 Å². The van der Waals surface area contributed by atoms with Crippen LogP contribution in [0.5, 0.6) is 0 Å². The van der Waals surface area contributed by atoms with Gasteiger partial charge in [-0.25, -0.2) is 0 Å². The minimum Gasteiger partial charge on any atom is -0.341 e. The molecule has 0 aromatic heterocycles. The lowest BCUT2D eigenvalue weighted by Crippen LogP contribution is -2.50. The molecule has 2 unspecified atom stereocenters. The van der Waals surface area contributed by atoms with E-state index in [4.69, 9.17) is 5.73 Å². The van der Waals surface area contributed by atoms with E-state index in [1.807, 2.05) is 49.9 Å². The number of nitrogens with zero attached hydrogens (tertiary/aromatic N) is 1. The number of likely N-dealkylation sites (tertiary alicyclic amines) is 1. The van der Waals surface area contributed by atoms with Gasteiger partial charge in [0.05, 0.1) is 4.75 Å². The Morgan fingerprint density at radius 1 is 1.41 bits per heavy atom. The second-order valence-corrected chi connectivity index (χ2v) is 9.19. The number of hydrogen-bond acceptors (Lipinski definition) is 3. The van der Waals surface area contributed by atoms with Crippen LogP contribution in [0.1, 0.15) is 33.6 Å². The van der Waals surface area contributed by atoms with Crippen LogP contribution in [0.4, 0.5) is 0 Å². The van der Waals surface area contributed by atoms with Gasteiger partial charge in [0.15, 0.2) is 0 Å². The SMILES string of the molecule is CC(N)C1CCCN(C(=O)C(C)(C)Sc2ccc(Br)cc2)C1. The number of thioether (sulfide) groups is 1. The summed E-state index contributed by atoms with van der Waals surface area (Å²) in [6.45, 7) is 7.71. The lowest BCUT2D eigenvalue weighted by molar-refractivity contribution is -0.134. The van der Waals surface area contributed by atoms with Crippen molar-refractivity contribution in [3.05, 3.63) is 28.7 Å². The second-order valence-electron chi connectivity index (χ2n) is 6.58. The summed E-state index contributed by atoms with van der Waals surface area (Å²) in [6, 6.07) is 8.26. The predicted molar refractivity (Wildman–Crippen MR) is 97.0 cm³/mol. The fourth-order valence-corrected chi connectivity index (χ4v) is 4.19. The number of hydrogen-bond donors (Lipinski definition) is 1. The van der Waals surface area contributed by atoms with Gasteiger partial charge in [-0.3, -0.25) is 4.79 Å². The zero-order valence-electron chi connectivity index (χ0n) is 13.5. The Kier molecular flexibility index (Phi) is 5.97. The fraction of sp³-hybridized carbons (Fsp3) is 0.588. The summed E-state index contributed by atoms with van der Waals surface area (Å²) in [7, 11) is 0. The van der Waals surface area contributed by atoms with Crippen molar-refractivity contribution in [2.24, 2.45) is 11.7 Å². The van der Waals surface area contributed by atoms with Gasteiger partial charge in [0.1, 0.15) is 0 Å². The standard InChI is InChI=1S/C17H25BrN2OS/c1-12(19)13-5-4-10-20(11-13)16(21)17(2,3)22-15-8-6-14(18)7-9-15/h6-9,12-13H,4-5,10-11,19H2,1-3H3. The maximum Gasteiger partial charge on any atom is 0.238 e. The molecule has 0 radical (unpaired) electrons. The molecule has 2 atom stereocenters. The van der Waals surface area contributed by atoms with Crippen molar-refractivity contribution in [1.29, 1.82) is 0 Å². The molecule has 1 aliphatic heterocycles. The van der Waals surface area contributed by atoms with Gasteiger partial charge < -0.3 is 10.6 Å². The molecular weight excluding hydrogens is 360 g/mol. The topological polar surface area (TPSA) is 46.3 Å². The van der Waals surface area contributed by atoms with E-state index in [0.29, 0.717) is 5.92 Å². The molecule has 3 nitrogen and oxygen atoms in total. The minimum atomic E-state index is -0.465. The molecule has 0 bridgehead atoms. The molecule has 0 aliphatic carbocycles. The lowest BCUT2D eigenvalue weighted by atomic mass is 9.91. The molecule has 2 rings (SSSR count). The number of nitrogens with two attached hydrogens (primary N) is 1. The van der Waals surface area contributed by atoms with Crippen molar-refractivity contribution < 1.29 is 4.79 Å². The van der Waals surface area contributed by atoms with Gasteiger partial charge in [-0.05, 0) is 63.8 Å². The number of halogens is 1. The first-order valence-electron chi connectivity index (χ1n) is 7.79. The molecule has 0 saturated carbocycles. The number of amides is 1. The van der Waals surface area contributed by atoms with E-state index in [1.165, 1.54) is 0 Å². The first-order valence-corrected chi connectivity index (χ1v) is 9.40. The summed E-state index contributed by atoms with van der Waals surface area (Å²) in [5.41, 5.74) is 6.03. The molecule has 1 aliphatic rings. The smallest absolute Gasteiger partial charge is 0.238 e. The average Bonchev–Trinajstić information content (AvgIpc) is 2.48. The summed E-state index contributed by atoms with van der Waals surface area (Å²) in [5, 5.41) is 0. The summed E-state index contributed by atoms with van der Waals surface area (Å²) in [6.07, 6.45) is 2.18. The van der Waals surface area contributed by atoms with E-state index in [-0.39, 0.29) is 11.9 Å². The molecule has 1 aromatic rings. The fourth-order valence-electron chi connectivity index (χ4n) is 2.85. The van der Waals surface area contributed by atoms with Crippen molar-refractivity contribution in [2.75, 3.05) is 13.1 Å². The van der Waals surface area contributed by atoms with E-state index < -0.39 is 4.75 Å².